The van der Waals surface area contributed by atoms with E-state index in [1.807, 2.05) is 36.4 Å². The van der Waals surface area contributed by atoms with Gasteiger partial charge in [-0.1, -0.05) is 50.1 Å². The van der Waals surface area contributed by atoms with Crippen molar-refractivity contribution in [3.63, 3.8) is 0 Å². The van der Waals surface area contributed by atoms with Crippen LogP contribution in [0.4, 0.5) is 4.39 Å². The van der Waals surface area contributed by atoms with Gasteiger partial charge in [-0.2, -0.15) is 0 Å². The summed E-state index contributed by atoms with van der Waals surface area (Å²) in [7, 11) is 1.60. The van der Waals surface area contributed by atoms with E-state index in [1.165, 1.54) is 24.5 Å². The van der Waals surface area contributed by atoms with Crippen molar-refractivity contribution in [1.29, 1.82) is 0 Å². The van der Waals surface area contributed by atoms with Crippen LogP contribution in [0.2, 0.25) is 0 Å². The van der Waals surface area contributed by atoms with Crippen LogP contribution >= 0.6 is 0 Å². The van der Waals surface area contributed by atoms with Crippen molar-refractivity contribution in [3.05, 3.63) is 83.2 Å². The maximum absolute atomic E-state index is 15.0. The molecule has 0 bridgehead atoms. The summed E-state index contributed by atoms with van der Waals surface area (Å²) in [6.45, 7) is 2.68. The van der Waals surface area contributed by atoms with Gasteiger partial charge in [0, 0.05) is 5.56 Å². The van der Waals surface area contributed by atoms with Crippen molar-refractivity contribution < 1.29 is 23.8 Å². The molecule has 0 aliphatic heterocycles. The number of ether oxygens (including phenoxy) is 2. The summed E-state index contributed by atoms with van der Waals surface area (Å²) in [5.74, 6) is 1.77. The number of halogens is 1. The van der Waals surface area contributed by atoms with Gasteiger partial charge in [-0.05, 0) is 95.5 Å². The molecule has 3 atom stereocenters. The standard InChI is InChI=1S/C32H35FO4/c1-20-5-3-8-26(20)29-15-21(9-13-27(29)30-17-24(36-2)12-14-31(30)33)19-37-25-7-4-6-23(16-25)28(18-32(34)35)22-10-11-22/h4,6-7,9,12-17,20,22,26,28H,3,5,8,10-11,18-19H2,1-2H3,(H,34,35)/t20-,26+,28-/m1/s1. The number of carbonyl (C=O) groups is 1. The van der Waals surface area contributed by atoms with E-state index in [2.05, 4.69) is 13.0 Å². The summed E-state index contributed by atoms with van der Waals surface area (Å²) in [5, 5.41) is 9.37. The van der Waals surface area contributed by atoms with Crippen LogP contribution in [0.5, 0.6) is 11.5 Å². The van der Waals surface area contributed by atoms with Gasteiger partial charge in [0.05, 0.1) is 13.5 Å². The van der Waals surface area contributed by atoms with E-state index in [9.17, 15) is 14.3 Å². The number of carboxylic acid groups (broad SMARTS) is 1. The Kier molecular flexibility index (Phi) is 7.50. The SMILES string of the molecule is COc1ccc(F)c(-c2ccc(COc3cccc([C@H](CC(=O)O)C4CC4)c3)cc2[C@H]2CCC[C@H]2C)c1. The molecule has 0 saturated heterocycles. The largest absolute Gasteiger partial charge is 0.497 e. The molecule has 0 radical (unpaired) electrons. The second-order valence-corrected chi connectivity index (χ2v) is 10.7. The molecule has 2 saturated carbocycles. The highest BCUT2D eigenvalue weighted by Gasteiger charge is 2.34. The molecule has 2 aliphatic carbocycles. The van der Waals surface area contributed by atoms with Crippen LogP contribution < -0.4 is 9.47 Å². The second kappa shape index (κ2) is 11.0. The van der Waals surface area contributed by atoms with Gasteiger partial charge in [0.25, 0.3) is 0 Å². The van der Waals surface area contributed by atoms with E-state index >= 15 is 0 Å². The van der Waals surface area contributed by atoms with Crippen LogP contribution in [0.1, 0.15) is 74.0 Å². The first kappa shape index (κ1) is 25.3. The molecule has 4 nitrogen and oxygen atoms in total. The molecule has 5 heteroatoms. The molecule has 0 heterocycles. The first-order valence-electron chi connectivity index (χ1n) is 13.3. The van der Waals surface area contributed by atoms with E-state index < -0.39 is 5.97 Å². The molecule has 2 fully saturated rings. The molecule has 0 amide bonds. The Morgan fingerprint density at radius 1 is 1.00 bits per heavy atom. The number of aliphatic carboxylic acids is 1. The van der Waals surface area contributed by atoms with E-state index in [-0.39, 0.29) is 18.2 Å². The maximum Gasteiger partial charge on any atom is 0.303 e. The average molecular weight is 503 g/mol. The van der Waals surface area contributed by atoms with Gasteiger partial charge in [0.1, 0.15) is 23.9 Å². The highest BCUT2D eigenvalue weighted by atomic mass is 19.1. The second-order valence-electron chi connectivity index (χ2n) is 10.7. The minimum atomic E-state index is -0.760. The molecule has 2 aliphatic rings. The Bertz CT molecular complexity index is 1270. The van der Waals surface area contributed by atoms with Crippen molar-refractivity contribution in [3.8, 4) is 22.6 Å². The average Bonchev–Trinajstić information content (AvgIpc) is 3.66. The van der Waals surface area contributed by atoms with Crippen molar-refractivity contribution in [2.75, 3.05) is 7.11 Å². The molecule has 194 valence electrons. The lowest BCUT2D eigenvalue weighted by molar-refractivity contribution is -0.137. The summed E-state index contributed by atoms with van der Waals surface area (Å²) in [6, 6.07) is 19.0. The van der Waals surface area contributed by atoms with Crippen LogP contribution in [0.25, 0.3) is 11.1 Å². The summed E-state index contributed by atoms with van der Waals surface area (Å²) in [6.07, 6.45) is 5.78. The van der Waals surface area contributed by atoms with E-state index in [1.54, 1.807) is 19.2 Å². The zero-order chi connectivity index (χ0) is 25.9. The summed E-state index contributed by atoms with van der Waals surface area (Å²) in [5.41, 5.74) is 4.73. The lowest BCUT2D eigenvalue weighted by atomic mass is 9.84. The number of benzene rings is 3. The predicted molar refractivity (Wildman–Crippen MR) is 143 cm³/mol. The smallest absolute Gasteiger partial charge is 0.303 e. The highest BCUT2D eigenvalue weighted by molar-refractivity contribution is 5.71. The van der Waals surface area contributed by atoms with Crippen LogP contribution in [-0.2, 0) is 11.4 Å². The van der Waals surface area contributed by atoms with Crippen LogP contribution in [-0.4, -0.2) is 18.2 Å². The van der Waals surface area contributed by atoms with Crippen LogP contribution in [0.15, 0.2) is 60.7 Å². The van der Waals surface area contributed by atoms with Gasteiger partial charge in [-0.15, -0.1) is 0 Å². The number of hydrogen-bond donors (Lipinski definition) is 1. The molecule has 37 heavy (non-hydrogen) atoms. The fraction of sp³-hybridized carbons (Fsp3) is 0.406. The lowest BCUT2D eigenvalue weighted by Crippen LogP contribution is -2.09. The summed E-state index contributed by atoms with van der Waals surface area (Å²) < 4.78 is 26.5. The fourth-order valence-corrected chi connectivity index (χ4v) is 5.94. The van der Waals surface area contributed by atoms with E-state index in [0.717, 1.165) is 41.7 Å². The topological polar surface area (TPSA) is 55.8 Å². The molecule has 3 aromatic carbocycles. The first-order valence-corrected chi connectivity index (χ1v) is 13.3. The van der Waals surface area contributed by atoms with Gasteiger partial charge in [0.2, 0.25) is 0 Å². The normalized spacial score (nSPS) is 20.0. The van der Waals surface area contributed by atoms with Gasteiger partial charge < -0.3 is 14.6 Å². The van der Waals surface area contributed by atoms with Gasteiger partial charge >= 0.3 is 5.97 Å². The first-order chi connectivity index (χ1) is 17.9. The van der Waals surface area contributed by atoms with Gasteiger partial charge in [-0.25, -0.2) is 4.39 Å². The molecule has 0 unspecified atom stereocenters. The number of methoxy groups -OCH3 is 1. The monoisotopic (exact) mass is 502 g/mol. The quantitative estimate of drug-likeness (QED) is 0.306. The highest BCUT2D eigenvalue weighted by Crippen LogP contribution is 2.46. The maximum atomic E-state index is 15.0. The van der Waals surface area contributed by atoms with Crippen molar-refractivity contribution in [2.24, 2.45) is 11.8 Å². The Hall–Kier alpha value is -3.34. The molecule has 1 N–H and O–H groups in total. The molecule has 0 spiro atoms. The van der Waals surface area contributed by atoms with Crippen molar-refractivity contribution in [1.82, 2.24) is 0 Å². The molecule has 0 aromatic heterocycles. The van der Waals surface area contributed by atoms with Gasteiger partial charge in [-0.3, -0.25) is 4.79 Å². The predicted octanol–water partition coefficient (Wildman–Crippen LogP) is 7.95. The third-order valence-corrected chi connectivity index (χ3v) is 8.12. The number of rotatable bonds is 10. The Balaban J connectivity index is 1.41. The van der Waals surface area contributed by atoms with Crippen molar-refractivity contribution in [2.45, 2.75) is 63.9 Å². The Morgan fingerprint density at radius 2 is 1.84 bits per heavy atom. The van der Waals surface area contributed by atoms with Gasteiger partial charge in [0.15, 0.2) is 0 Å². The number of hydrogen-bond acceptors (Lipinski definition) is 3. The molecular weight excluding hydrogens is 467 g/mol. The van der Waals surface area contributed by atoms with E-state index in [0.29, 0.717) is 35.7 Å². The minimum absolute atomic E-state index is 0.0357. The Morgan fingerprint density at radius 3 is 2.54 bits per heavy atom. The summed E-state index contributed by atoms with van der Waals surface area (Å²) >= 11 is 0. The molecular formula is C32H35FO4. The Labute approximate surface area is 218 Å². The zero-order valence-electron chi connectivity index (χ0n) is 21.6. The molecule has 5 rings (SSSR count). The van der Waals surface area contributed by atoms with E-state index in [4.69, 9.17) is 9.47 Å². The molecule has 3 aromatic rings. The van der Waals surface area contributed by atoms with Crippen LogP contribution in [0, 0.1) is 17.7 Å². The number of carboxylic acids is 1. The lowest BCUT2D eigenvalue weighted by Gasteiger charge is -2.22. The van der Waals surface area contributed by atoms with Crippen LogP contribution in [0.3, 0.4) is 0 Å². The fourth-order valence-electron chi connectivity index (χ4n) is 5.94. The third-order valence-electron chi connectivity index (χ3n) is 8.12. The van der Waals surface area contributed by atoms with Crippen molar-refractivity contribution >= 4 is 5.97 Å². The summed E-state index contributed by atoms with van der Waals surface area (Å²) in [4.78, 5) is 11.4. The zero-order valence-corrected chi connectivity index (χ0v) is 21.6. The third kappa shape index (κ3) is 5.82. The minimum Gasteiger partial charge on any atom is -0.497 e.